The molecule has 0 saturated carbocycles. The van der Waals surface area contributed by atoms with Crippen molar-refractivity contribution in [1.29, 1.82) is 0 Å². The number of benzene rings is 2. The summed E-state index contributed by atoms with van der Waals surface area (Å²) in [6.45, 7) is 3.45. The van der Waals surface area contributed by atoms with Gasteiger partial charge < -0.3 is 5.11 Å². The Kier molecular flexibility index (Phi) is 4.92. The normalized spacial score (nSPS) is 11.7. The average molecular weight is 336 g/mol. The van der Waals surface area contributed by atoms with E-state index in [0.29, 0.717) is 16.7 Å². The van der Waals surface area contributed by atoms with E-state index in [4.69, 9.17) is 0 Å². The highest BCUT2D eigenvalue weighted by Crippen LogP contribution is 2.29. The van der Waals surface area contributed by atoms with Crippen molar-refractivity contribution in [3.63, 3.8) is 0 Å². The summed E-state index contributed by atoms with van der Waals surface area (Å²) in [4.78, 5) is 11.9. The molecule has 2 aromatic rings. The van der Waals surface area contributed by atoms with E-state index in [2.05, 4.69) is 10.5 Å². The molecule has 0 aliphatic heterocycles. The van der Waals surface area contributed by atoms with Crippen LogP contribution in [-0.2, 0) is 6.18 Å². The summed E-state index contributed by atoms with van der Waals surface area (Å²) in [7, 11) is 0. The number of aryl methyl sites for hydroxylation is 2. The third-order valence-corrected chi connectivity index (χ3v) is 3.35. The molecular formula is C17H15F3N2O2. The minimum atomic E-state index is -4.51. The third kappa shape index (κ3) is 4.13. The molecule has 0 radical (unpaired) electrons. The second kappa shape index (κ2) is 6.74. The number of phenols is 1. The summed E-state index contributed by atoms with van der Waals surface area (Å²) >= 11 is 0. The fraction of sp³-hybridized carbons (Fsp3) is 0.176. The van der Waals surface area contributed by atoms with E-state index in [-0.39, 0.29) is 11.3 Å². The van der Waals surface area contributed by atoms with Gasteiger partial charge in [0.05, 0.1) is 11.8 Å². The zero-order valence-corrected chi connectivity index (χ0v) is 13.0. The Balaban J connectivity index is 2.11. The van der Waals surface area contributed by atoms with Crippen molar-refractivity contribution in [3.05, 3.63) is 64.2 Å². The van der Waals surface area contributed by atoms with Gasteiger partial charge in [-0.1, -0.05) is 6.07 Å². The molecule has 24 heavy (non-hydrogen) atoms. The Bertz CT molecular complexity index is 776. The Labute approximate surface area is 136 Å². The topological polar surface area (TPSA) is 61.7 Å². The zero-order valence-electron chi connectivity index (χ0n) is 13.0. The molecule has 0 aromatic heterocycles. The second-order valence-electron chi connectivity index (χ2n) is 5.28. The molecule has 7 heteroatoms. The van der Waals surface area contributed by atoms with E-state index in [1.54, 1.807) is 26.0 Å². The molecular weight excluding hydrogens is 321 g/mol. The van der Waals surface area contributed by atoms with Gasteiger partial charge in [0.1, 0.15) is 5.75 Å². The molecule has 0 spiro atoms. The van der Waals surface area contributed by atoms with Crippen LogP contribution in [0, 0.1) is 13.8 Å². The minimum absolute atomic E-state index is 0.139. The van der Waals surface area contributed by atoms with E-state index in [9.17, 15) is 23.1 Å². The van der Waals surface area contributed by atoms with E-state index in [0.717, 1.165) is 18.2 Å². The number of hydrogen-bond acceptors (Lipinski definition) is 3. The van der Waals surface area contributed by atoms with Gasteiger partial charge in [-0.05, 0) is 60.9 Å². The number of rotatable bonds is 3. The number of hydrogen-bond donors (Lipinski definition) is 2. The van der Waals surface area contributed by atoms with Gasteiger partial charge in [-0.15, -0.1) is 0 Å². The zero-order chi connectivity index (χ0) is 17.9. The lowest BCUT2D eigenvalue weighted by atomic mass is 10.1. The predicted octanol–water partition coefficient (Wildman–Crippen LogP) is 3.79. The molecule has 0 atom stereocenters. The lowest BCUT2D eigenvalue weighted by Crippen LogP contribution is -2.18. The first kappa shape index (κ1) is 17.5. The van der Waals surface area contributed by atoms with E-state index in [1.165, 1.54) is 12.3 Å². The molecule has 2 N–H and O–H groups in total. The molecule has 126 valence electrons. The van der Waals surface area contributed by atoms with Crippen molar-refractivity contribution in [2.75, 3.05) is 0 Å². The van der Waals surface area contributed by atoms with Crippen molar-refractivity contribution in [2.24, 2.45) is 5.10 Å². The van der Waals surface area contributed by atoms with Gasteiger partial charge >= 0.3 is 6.18 Å². The summed E-state index contributed by atoms with van der Waals surface area (Å²) in [5.74, 6) is -0.565. The number of hydrazone groups is 1. The molecule has 4 nitrogen and oxygen atoms in total. The Morgan fingerprint density at radius 1 is 1.17 bits per heavy atom. The van der Waals surface area contributed by atoms with Crippen LogP contribution in [0.5, 0.6) is 5.75 Å². The lowest BCUT2D eigenvalue weighted by molar-refractivity contribution is -0.137. The number of alkyl halides is 3. The summed E-state index contributed by atoms with van der Waals surface area (Å²) in [6, 6.07) is 7.43. The fourth-order valence-corrected chi connectivity index (χ4v) is 2.13. The quantitative estimate of drug-likeness (QED) is 0.662. The second-order valence-corrected chi connectivity index (χ2v) is 5.28. The molecule has 1 amide bonds. The maximum Gasteiger partial charge on any atom is 0.416 e. The van der Waals surface area contributed by atoms with Crippen molar-refractivity contribution in [1.82, 2.24) is 5.43 Å². The van der Waals surface area contributed by atoms with E-state index < -0.39 is 17.6 Å². The van der Waals surface area contributed by atoms with Crippen LogP contribution < -0.4 is 5.43 Å². The van der Waals surface area contributed by atoms with Crippen molar-refractivity contribution in [2.45, 2.75) is 20.0 Å². The van der Waals surface area contributed by atoms with Crippen LogP contribution in [0.25, 0.3) is 0 Å². The SMILES string of the molecule is Cc1cc(/C=N\NC(=O)c2cccc(C(F)(F)F)c2)cc(C)c1O. The third-order valence-electron chi connectivity index (χ3n) is 3.35. The van der Waals surface area contributed by atoms with Crippen molar-refractivity contribution >= 4 is 12.1 Å². The molecule has 0 bridgehead atoms. The molecule has 0 aliphatic carbocycles. The predicted molar refractivity (Wildman–Crippen MR) is 84.1 cm³/mol. The number of carbonyl (C=O) groups is 1. The van der Waals surface area contributed by atoms with E-state index in [1.807, 2.05) is 0 Å². The lowest BCUT2D eigenvalue weighted by Gasteiger charge is -2.07. The van der Waals surface area contributed by atoms with Gasteiger partial charge in [-0.3, -0.25) is 4.79 Å². The Morgan fingerprint density at radius 3 is 2.38 bits per heavy atom. The minimum Gasteiger partial charge on any atom is -0.507 e. The van der Waals surface area contributed by atoms with Crippen molar-refractivity contribution in [3.8, 4) is 5.75 Å². The molecule has 2 aromatic carbocycles. The molecule has 0 unspecified atom stereocenters. The molecule has 0 fully saturated rings. The number of nitrogens with zero attached hydrogens (tertiary/aromatic N) is 1. The van der Waals surface area contributed by atoms with Crippen LogP contribution in [0.2, 0.25) is 0 Å². The van der Waals surface area contributed by atoms with Gasteiger partial charge in [-0.25, -0.2) is 5.43 Å². The monoisotopic (exact) mass is 336 g/mol. The Hall–Kier alpha value is -2.83. The molecule has 0 heterocycles. The van der Waals surface area contributed by atoms with Crippen LogP contribution in [0.1, 0.15) is 32.6 Å². The summed E-state index contributed by atoms with van der Waals surface area (Å²) in [5, 5.41) is 13.4. The average Bonchev–Trinajstić information content (AvgIpc) is 2.51. The highest BCUT2D eigenvalue weighted by Gasteiger charge is 2.30. The van der Waals surface area contributed by atoms with Crippen molar-refractivity contribution < 1.29 is 23.1 Å². The van der Waals surface area contributed by atoms with Crippen LogP contribution in [0.15, 0.2) is 41.5 Å². The number of halogens is 3. The maximum absolute atomic E-state index is 12.6. The van der Waals surface area contributed by atoms with Gasteiger partial charge in [0.15, 0.2) is 0 Å². The Morgan fingerprint density at radius 2 is 1.79 bits per heavy atom. The van der Waals surface area contributed by atoms with Crippen LogP contribution in [-0.4, -0.2) is 17.2 Å². The molecule has 0 saturated heterocycles. The van der Waals surface area contributed by atoms with Gasteiger partial charge in [-0.2, -0.15) is 18.3 Å². The number of phenolic OH excluding ortho intramolecular Hbond substituents is 1. The number of amides is 1. The maximum atomic E-state index is 12.6. The molecule has 0 aliphatic rings. The first-order chi connectivity index (χ1) is 11.2. The number of aromatic hydroxyl groups is 1. The molecule has 2 rings (SSSR count). The summed E-state index contributed by atoms with van der Waals surface area (Å²) in [5.41, 5.74) is 3.09. The smallest absolute Gasteiger partial charge is 0.416 e. The van der Waals surface area contributed by atoms with E-state index >= 15 is 0 Å². The summed E-state index contributed by atoms with van der Waals surface area (Å²) < 4.78 is 37.9. The highest BCUT2D eigenvalue weighted by atomic mass is 19.4. The van der Waals surface area contributed by atoms with Crippen LogP contribution >= 0.6 is 0 Å². The first-order valence-electron chi connectivity index (χ1n) is 6.99. The first-order valence-corrected chi connectivity index (χ1v) is 6.99. The summed E-state index contributed by atoms with van der Waals surface area (Å²) in [6.07, 6.45) is -3.16. The fourth-order valence-electron chi connectivity index (χ4n) is 2.13. The number of nitrogens with one attached hydrogen (secondary N) is 1. The largest absolute Gasteiger partial charge is 0.507 e. The van der Waals surface area contributed by atoms with Crippen LogP contribution in [0.3, 0.4) is 0 Å². The van der Waals surface area contributed by atoms with Gasteiger partial charge in [0.25, 0.3) is 5.91 Å². The van der Waals surface area contributed by atoms with Gasteiger partial charge in [0.2, 0.25) is 0 Å². The highest BCUT2D eigenvalue weighted by molar-refractivity contribution is 5.95. The standard InChI is InChI=1S/C17H15F3N2O2/c1-10-6-12(7-11(2)15(10)23)9-21-22-16(24)13-4-3-5-14(8-13)17(18,19)20/h3-9,23H,1-2H3,(H,22,24)/b21-9-. The van der Waals surface area contributed by atoms with Gasteiger partial charge in [0, 0.05) is 5.56 Å². The number of carbonyl (C=O) groups excluding carboxylic acids is 1. The van der Waals surface area contributed by atoms with Crippen LogP contribution in [0.4, 0.5) is 13.2 Å².